The lowest BCUT2D eigenvalue weighted by molar-refractivity contribution is -0.0728. The van der Waals surface area contributed by atoms with Gasteiger partial charge in [0, 0.05) is 17.9 Å². The van der Waals surface area contributed by atoms with E-state index in [4.69, 9.17) is 4.74 Å². The zero-order valence-electron chi connectivity index (χ0n) is 12.8. The fourth-order valence-electron chi connectivity index (χ4n) is 4.62. The Kier molecular flexibility index (Phi) is 5.44. The van der Waals surface area contributed by atoms with Gasteiger partial charge in [0.15, 0.2) is 0 Å². The highest BCUT2D eigenvalue weighted by atomic mass is 79.9. The van der Waals surface area contributed by atoms with Crippen LogP contribution in [0.2, 0.25) is 0 Å². The molecule has 116 valence electrons. The first-order valence-corrected chi connectivity index (χ1v) is 9.91. The van der Waals surface area contributed by atoms with E-state index in [1.807, 2.05) is 0 Å². The second kappa shape index (κ2) is 7.11. The number of halogens is 1. The molecular formula is C17H30BrNO. The lowest BCUT2D eigenvalue weighted by atomic mass is 9.83. The molecule has 1 aliphatic carbocycles. The van der Waals surface area contributed by atoms with E-state index >= 15 is 0 Å². The summed E-state index contributed by atoms with van der Waals surface area (Å²) >= 11 is 3.57. The standard InChI is InChI=1S/C17H30BrNO/c18-12-4-6-15-7-5-13-19(15)14-16-8-11-17(20-16)9-2-1-3-10-17/h15-16H,1-14H2. The van der Waals surface area contributed by atoms with Crippen LogP contribution in [-0.2, 0) is 4.74 Å². The third kappa shape index (κ3) is 3.59. The molecule has 20 heavy (non-hydrogen) atoms. The minimum atomic E-state index is 0.300. The predicted octanol–water partition coefficient (Wildman–Crippen LogP) is 4.51. The molecule has 3 aliphatic rings. The van der Waals surface area contributed by atoms with Crippen molar-refractivity contribution in [3.05, 3.63) is 0 Å². The number of rotatable bonds is 5. The first-order valence-electron chi connectivity index (χ1n) is 8.79. The molecule has 3 heteroatoms. The number of likely N-dealkylation sites (tertiary alicyclic amines) is 1. The Labute approximate surface area is 132 Å². The van der Waals surface area contributed by atoms with Gasteiger partial charge in [0.1, 0.15) is 0 Å². The van der Waals surface area contributed by atoms with Gasteiger partial charge in [-0.3, -0.25) is 4.90 Å². The maximum Gasteiger partial charge on any atom is 0.0710 e. The molecule has 3 rings (SSSR count). The van der Waals surface area contributed by atoms with Gasteiger partial charge in [-0.05, 0) is 57.9 Å². The SMILES string of the molecule is BrCCCC1CCCN1CC1CCC2(CCCCC2)O1. The van der Waals surface area contributed by atoms with E-state index in [0.717, 1.165) is 11.4 Å². The number of ether oxygens (including phenoxy) is 1. The molecule has 2 unspecified atom stereocenters. The quantitative estimate of drug-likeness (QED) is 0.681. The summed E-state index contributed by atoms with van der Waals surface area (Å²) in [5.41, 5.74) is 0.300. The Morgan fingerprint density at radius 1 is 1.05 bits per heavy atom. The molecule has 1 saturated carbocycles. The van der Waals surface area contributed by atoms with Crippen molar-refractivity contribution >= 4 is 15.9 Å². The van der Waals surface area contributed by atoms with Crippen LogP contribution in [0.5, 0.6) is 0 Å². The van der Waals surface area contributed by atoms with E-state index in [-0.39, 0.29) is 0 Å². The first kappa shape index (κ1) is 15.3. The third-order valence-electron chi connectivity index (χ3n) is 5.71. The van der Waals surface area contributed by atoms with Gasteiger partial charge in [-0.1, -0.05) is 35.2 Å². The predicted molar refractivity (Wildman–Crippen MR) is 87.5 cm³/mol. The maximum absolute atomic E-state index is 6.55. The largest absolute Gasteiger partial charge is 0.370 e. The highest BCUT2D eigenvalue weighted by Gasteiger charge is 2.41. The van der Waals surface area contributed by atoms with Gasteiger partial charge in [-0.15, -0.1) is 0 Å². The summed E-state index contributed by atoms with van der Waals surface area (Å²) in [4.78, 5) is 2.73. The van der Waals surface area contributed by atoms with Crippen LogP contribution in [-0.4, -0.2) is 41.1 Å². The molecule has 0 aromatic heterocycles. The van der Waals surface area contributed by atoms with Crippen molar-refractivity contribution in [3.8, 4) is 0 Å². The van der Waals surface area contributed by atoms with Gasteiger partial charge in [-0.25, -0.2) is 0 Å². The van der Waals surface area contributed by atoms with E-state index in [1.165, 1.54) is 83.7 Å². The Morgan fingerprint density at radius 2 is 1.90 bits per heavy atom. The Morgan fingerprint density at radius 3 is 2.70 bits per heavy atom. The molecule has 3 fully saturated rings. The molecule has 0 N–H and O–H groups in total. The lowest BCUT2D eigenvalue weighted by Gasteiger charge is -2.34. The Bertz CT molecular complexity index is 303. The van der Waals surface area contributed by atoms with Crippen molar-refractivity contribution in [2.24, 2.45) is 0 Å². The van der Waals surface area contributed by atoms with Gasteiger partial charge in [0.2, 0.25) is 0 Å². The summed E-state index contributed by atoms with van der Waals surface area (Å²) in [7, 11) is 0. The smallest absolute Gasteiger partial charge is 0.0710 e. The van der Waals surface area contributed by atoms with Crippen LogP contribution in [0.25, 0.3) is 0 Å². The van der Waals surface area contributed by atoms with E-state index < -0.39 is 0 Å². The normalized spacial score (nSPS) is 34.0. The summed E-state index contributed by atoms with van der Waals surface area (Å²) in [6.45, 7) is 2.51. The summed E-state index contributed by atoms with van der Waals surface area (Å²) in [6, 6.07) is 0.832. The molecule has 0 bridgehead atoms. The third-order valence-corrected chi connectivity index (χ3v) is 6.27. The van der Waals surface area contributed by atoms with Crippen molar-refractivity contribution in [1.82, 2.24) is 4.90 Å². The van der Waals surface area contributed by atoms with Gasteiger partial charge in [0.05, 0.1) is 11.7 Å². The van der Waals surface area contributed by atoms with E-state index in [2.05, 4.69) is 20.8 Å². The number of hydrogen-bond acceptors (Lipinski definition) is 2. The minimum Gasteiger partial charge on any atom is -0.370 e. The maximum atomic E-state index is 6.55. The van der Waals surface area contributed by atoms with Crippen LogP contribution >= 0.6 is 15.9 Å². The fourth-order valence-corrected chi connectivity index (χ4v) is 4.95. The molecular weight excluding hydrogens is 314 g/mol. The number of alkyl halides is 1. The summed E-state index contributed by atoms with van der Waals surface area (Å²) in [5.74, 6) is 0. The van der Waals surface area contributed by atoms with Crippen molar-refractivity contribution in [2.75, 3.05) is 18.4 Å². The zero-order valence-corrected chi connectivity index (χ0v) is 14.4. The number of nitrogens with zero attached hydrogens (tertiary/aromatic N) is 1. The molecule has 0 amide bonds. The van der Waals surface area contributed by atoms with Crippen LogP contribution in [0.4, 0.5) is 0 Å². The first-order chi connectivity index (χ1) is 9.81. The summed E-state index contributed by atoms with van der Waals surface area (Å²) in [5, 5.41) is 1.15. The molecule has 2 atom stereocenters. The second-order valence-electron chi connectivity index (χ2n) is 7.14. The average Bonchev–Trinajstić information content (AvgIpc) is 3.06. The Balaban J connectivity index is 1.48. The zero-order chi connectivity index (χ0) is 13.8. The molecule has 2 aliphatic heterocycles. The van der Waals surface area contributed by atoms with Crippen LogP contribution in [0.3, 0.4) is 0 Å². The summed E-state index contributed by atoms with van der Waals surface area (Å²) in [6.07, 6.45) is 15.5. The van der Waals surface area contributed by atoms with Crippen LogP contribution in [0.15, 0.2) is 0 Å². The average molecular weight is 344 g/mol. The molecule has 2 nitrogen and oxygen atoms in total. The van der Waals surface area contributed by atoms with Crippen LogP contribution in [0, 0.1) is 0 Å². The molecule has 0 radical (unpaired) electrons. The van der Waals surface area contributed by atoms with E-state index in [9.17, 15) is 0 Å². The van der Waals surface area contributed by atoms with E-state index in [0.29, 0.717) is 11.7 Å². The molecule has 2 heterocycles. The lowest BCUT2D eigenvalue weighted by Crippen LogP contribution is -2.38. The van der Waals surface area contributed by atoms with Crippen molar-refractivity contribution in [3.63, 3.8) is 0 Å². The van der Waals surface area contributed by atoms with Gasteiger partial charge < -0.3 is 4.74 Å². The topological polar surface area (TPSA) is 12.5 Å². The van der Waals surface area contributed by atoms with E-state index in [1.54, 1.807) is 0 Å². The summed E-state index contributed by atoms with van der Waals surface area (Å²) < 4.78 is 6.55. The molecule has 2 saturated heterocycles. The van der Waals surface area contributed by atoms with Gasteiger partial charge >= 0.3 is 0 Å². The molecule has 0 aromatic carbocycles. The Hall–Kier alpha value is 0.400. The molecule has 0 aromatic rings. The fraction of sp³-hybridized carbons (Fsp3) is 1.00. The minimum absolute atomic E-state index is 0.300. The van der Waals surface area contributed by atoms with Gasteiger partial charge in [0.25, 0.3) is 0 Å². The highest BCUT2D eigenvalue weighted by Crippen LogP contribution is 2.42. The van der Waals surface area contributed by atoms with Gasteiger partial charge in [-0.2, -0.15) is 0 Å². The molecule has 1 spiro atoms. The van der Waals surface area contributed by atoms with Crippen molar-refractivity contribution in [1.29, 1.82) is 0 Å². The monoisotopic (exact) mass is 343 g/mol. The number of hydrogen-bond donors (Lipinski definition) is 0. The van der Waals surface area contributed by atoms with Crippen molar-refractivity contribution in [2.45, 2.75) is 88.4 Å². The van der Waals surface area contributed by atoms with Crippen molar-refractivity contribution < 1.29 is 4.74 Å². The second-order valence-corrected chi connectivity index (χ2v) is 7.94. The van der Waals surface area contributed by atoms with Crippen LogP contribution < -0.4 is 0 Å². The highest BCUT2D eigenvalue weighted by molar-refractivity contribution is 9.09. The van der Waals surface area contributed by atoms with Crippen LogP contribution in [0.1, 0.15) is 70.6 Å².